The summed E-state index contributed by atoms with van der Waals surface area (Å²) in [7, 11) is 1.43. The largest absolute Gasteiger partial charge is 0.494 e. The third kappa shape index (κ3) is 4.82. The SMILES string of the molecule is COc1cc(CCNC(=O)N2CCCC(C(C)O)C2)ccc1F. The molecule has 0 saturated carbocycles. The molecule has 1 fully saturated rings. The van der Waals surface area contributed by atoms with Gasteiger partial charge in [0.2, 0.25) is 0 Å². The molecule has 0 aliphatic carbocycles. The van der Waals surface area contributed by atoms with Crippen molar-refractivity contribution in [2.75, 3.05) is 26.7 Å². The van der Waals surface area contributed by atoms with E-state index in [0.717, 1.165) is 24.9 Å². The van der Waals surface area contributed by atoms with Crippen molar-refractivity contribution in [1.82, 2.24) is 10.2 Å². The fraction of sp³-hybridized carbons (Fsp3) is 0.588. The molecule has 1 heterocycles. The number of aliphatic hydroxyl groups excluding tert-OH is 1. The number of urea groups is 1. The zero-order valence-electron chi connectivity index (χ0n) is 13.7. The summed E-state index contributed by atoms with van der Waals surface area (Å²) in [6.07, 6.45) is 2.09. The minimum absolute atomic E-state index is 0.107. The number of amides is 2. The molecular formula is C17H25FN2O3. The van der Waals surface area contributed by atoms with Gasteiger partial charge in [0.15, 0.2) is 11.6 Å². The Morgan fingerprint density at radius 3 is 3.04 bits per heavy atom. The number of methoxy groups -OCH3 is 1. The van der Waals surface area contributed by atoms with Crippen LogP contribution in [0.5, 0.6) is 5.75 Å². The first-order chi connectivity index (χ1) is 11.0. The van der Waals surface area contributed by atoms with E-state index in [1.54, 1.807) is 24.0 Å². The van der Waals surface area contributed by atoms with Crippen molar-refractivity contribution in [2.45, 2.75) is 32.3 Å². The second-order valence-electron chi connectivity index (χ2n) is 6.04. The van der Waals surface area contributed by atoms with E-state index >= 15 is 0 Å². The predicted molar refractivity (Wildman–Crippen MR) is 86.0 cm³/mol. The van der Waals surface area contributed by atoms with Gasteiger partial charge in [-0.25, -0.2) is 9.18 Å². The Bertz CT molecular complexity index is 537. The molecular weight excluding hydrogens is 299 g/mol. The number of piperidine rings is 1. The van der Waals surface area contributed by atoms with Gasteiger partial charge < -0.3 is 20.1 Å². The summed E-state index contributed by atoms with van der Waals surface area (Å²) in [5.74, 6) is -0.0294. The van der Waals surface area contributed by atoms with Gasteiger partial charge in [-0.15, -0.1) is 0 Å². The number of nitrogens with one attached hydrogen (secondary N) is 1. The van der Waals surface area contributed by atoms with Gasteiger partial charge in [-0.2, -0.15) is 0 Å². The summed E-state index contributed by atoms with van der Waals surface area (Å²) in [6, 6.07) is 4.60. The van der Waals surface area contributed by atoms with E-state index < -0.39 is 11.9 Å². The van der Waals surface area contributed by atoms with Crippen molar-refractivity contribution in [3.05, 3.63) is 29.6 Å². The number of aliphatic hydroxyl groups is 1. The van der Waals surface area contributed by atoms with Crippen molar-refractivity contribution in [3.63, 3.8) is 0 Å². The maximum Gasteiger partial charge on any atom is 0.317 e. The lowest BCUT2D eigenvalue weighted by Gasteiger charge is -2.34. The number of rotatable bonds is 5. The van der Waals surface area contributed by atoms with Crippen LogP contribution < -0.4 is 10.1 Å². The predicted octanol–water partition coefficient (Wildman–Crippen LogP) is 2.18. The van der Waals surface area contributed by atoms with Crippen molar-refractivity contribution < 1.29 is 19.0 Å². The van der Waals surface area contributed by atoms with Crippen LogP contribution >= 0.6 is 0 Å². The highest BCUT2D eigenvalue weighted by Crippen LogP contribution is 2.20. The Kier molecular flexibility index (Phi) is 6.21. The van der Waals surface area contributed by atoms with Crippen LogP contribution in [0, 0.1) is 11.7 Å². The summed E-state index contributed by atoms with van der Waals surface area (Å²) in [6.45, 7) is 3.56. The van der Waals surface area contributed by atoms with E-state index in [-0.39, 0.29) is 17.7 Å². The zero-order valence-corrected chi connectivity index (χ0v) is 13.7. The molecule has 2 atom stereocenters. The van der Waals surface area contributed by atoms with Crippen LogP contribution in [0.1, 0.15) is 25.3 Å². The molecule has 0 spiro atoms. The van der Waals surface area contributed by atoms with E-state index in [0.29, 0.717) is 19.5 Å². The lowest BCUT2D eigenvalue weighted by atomic mass is 9.94. The second kappa shape index (κ2) is 8.15. The first kappa shape index (κ1) is 17.5. The van der Waals surface area contributed by atoms with Crippen LogP contribution in [0.15, 0.2) is 18.2 Å². The molecule has 1 aromatic carbocycles. The molecule has 0 bridgehead atoms. The quantitative estimate of drug-likeness (QED) is 0.873. The average Bonchev–Trinajstić information content (AvgIpc) is 2.56. The molecule has 23 heavy (non-hydrogen) atoms. The molecule has 2 unspecified atom stereocenters. The van der Waals surface area contributed by atoms with Gasteiger partial charge in [-0.05, 0) is 43.9 Å². The van der Waals surface area contributed by atoms with Crippen LogP contribution in [0.3, 0.4) is 0 Å². The third-order valence-electron chi connectivity index (χ3n) is 4.33. The average molecular weight is 324 g/mol. The highest BCUT2D eigenvalue weighted by Gasteiger charge is 2.26. The number of benzene rings is 1. The minimum atomic E-state index is -0.391. The summed E-state index contributed by atoms with van der Waals surface area (Å²) >= 11 is 0. The summed E-state index contributed by atoms with van der Waals surface area (Å²) < 4.78 is 18.3. The molecule has 2 amide bonds. The lowest BCUT2D eigenvalue weighted by molar-refractivity contribution is 0.0740. The molecule has 1 saturated heterocycles. The lowest BCUT2D eigenvalue weighted by Crippen LogP contribution is -2.47. The van der Waals surface area contributed by atoms with Crippen LogP contribution in [-0.2, 0) is 6.42 Å². The number of ether oxygens (including phenoxy) is 1. The molecule has 2 N–H and O–H groups in total. The number of carbonyl (C=O) groups is 1. The van der Waals surface area contributed by atoms with Gasteiger partial charge in [0.1, 0.15) is 0 Å². The molecule has 1 aliphatic rings. The first-order valence-corrected chi connectivity index (χ1v) is 8.04. The number of hydrogen-bond donors (Lipinski definition) is 2. The van der Waals surface area contributed by atoms with Crippen LogP contribution in [0.25, 0.3) is 0 Å². The number of nitrogens with zero attached hydrogens (tertiary/aromatic N) is 1. The normalized spacial score (nSPS) is 19.3. The van der Waals surface area contributed by atoms with Crippen molar-refractivity contribution in [1.29, 1.82) is 0 Å². The van der Waals surface area contributed by atoms with E-state index in [2.05, 4.69) is 5.32 Å². The standard InChI is InChI=1S/C17H25FN2O3/c1-12(21)14-4-3-9-20(11-14)17(22)19-8-7-13-5-6-15(18)16(10-13)23-2/h5-6,10,12,14,21H,3-4,7-9,11H2,1-2H3,(H,19,22). The fourth-order valence-corrected chi connectivity index (χ4v) is 2.87. The van der Waals surface area contributed by atoms with Crippen molar-refractivity contribution >= 4 is 6.03 Å². The van der Waals surface area contributed by atoms with E-state index in [4.69, 9.17) is 4.74 Å². The maximum atomic E-state index is 13.3. The Labute approximate surface area is 136 Å². The number of likely N-dealkylation sites (tertiary alicyclic amines) is 1. The molecule has 0 radical (unpaired) electrons. The van der Waals surface area contributed by atoms with Crippen LogP contribution in [0.2, 0.25) is 0 Å². The summed E-state index contributed by atoms with van der Waals surface area (Å²) in [4.78, 5) is 13.9. The van der Waals surface area contributed by atoms with E-state index in [9.17, 15) is 14.3 Å². The fourth-order valence-electron chi connectivity index (χ4n) is 2.87. The second-order valence-corrected chi connectivity index (χ2v) is 6.04. The highest BCUT2D eigenvalue weighted by molar-refractivity contribution is 5.74. The highest BCUT2D eigenvalue weighted by atomic mass is 19.1. The number of halogens is 1. The Hall–Kier alpha value is -1.82. The maximum absolute atomic E-state index is 13.3. The summed E-state index contributed by atoms with van der Waals surface area (Å²) in [5.41, 5.74) is 0.907. The van der Waals surface area contributed by atoms with E-state index in [1.165, 1.54) is 13.2 Å². The molecule has 0 aromatic heterocycles. The van der Waals surface area contributed by atoms with Gasteiger partial charge in [0.05, 0.1) is 13.2 Å². The van der Waals surface area contributed by atoms with Crippen LogP contribution in [-0.4, -0.2) is 48.9 Å². The van der Waals surface area contributed by atoms with E-state index in [1.807, 2.05) is 0 Å². The van der Waals surface area contributed by atoms with Crippen molar-refractivity contribution in [3.8, 4) is 5.75 Å². The Morgan fingerprint density at radius 2 is 2.35 bits per heavy atom. The van der Waals surface area contributed by atoms with Crippen molar-refractivity contribution in [2.24, 2.45) is 5.92 Å². The van der Waals surface area contributed by atoms with Gasteiger partial charge in [-0.1, -0.05) is 6.07 Å². The monoisotopic (exact) mass is 324 g/mol. The topological polar surface area (TPSA) is 61.8 Å². The van der Waals surface area contributed by atoms with Gasteiger partial charge in [0.25, 0.3) is 0 Å². The van der Waals surface area contributed by atoms with Gasteiger partial charge >= 0.3 is 6.03 Å². The smallest absolute Gasteiger partial charge is 0.317 e. The van der Waals surface area contributed by atoms with Gasteiger partial charge in [-0.3, -0.25) is 0 Å². The minimum Gasteiger partial charge on any atom is -0.494 e. The Balaban J connectivity index is 1.80. The molecule has 6 heteroatoms. The molecule has 5 nitrogen and oxygen atoms in total. The first-order valence-electron chi connectivity index (χ1n) is 8.04. The zero-order chi connectivity index (χ0) is 16.8. The summed E-state index contributed by atoms with van der Waals surface area (Å²) in [5, 5.41) is 12.6. The Morgan fingerprint density at radius 1 is 1.57 bits per heavy atom. The third-order valence-corrected chi connectivity index (χ3v) is 4.33. The number of carbonyl (C=O) groups excluding carboxylic acids is 1. The molecule has 128 valence electrons. The molecule has 2 rings (SSSR count). The van der Waals surface area contributed by atoms with Crippen LogP contribution in [0.4, 0.5) is 9.18 Å². The molecule has 1 aliphatic heterocycles. The number of hydrogen-bond acceptors (Lipinski definition) is 3. The van der Waals surface area contributed by atoms with Gasteiger partial charge in [0, 0.05) is 25.6 Å². The molecule has 1 aromatic rings.